The number of aliphatic hydroxyl groups is 1. The Labute approximate surface area is 150 Å². The molecule has 1 aromatic carbocycles. The molecule has 2 aromatic heterocycles. The van der Waals surface area contributed by atoms with Crippen molar-refractivity contribution in [1.82, 2.24) is 15.0 Å². The third kappa shape index (κ3) is 2.62. The number of hydrogen-bond acceptors (Lipinski definition) is 6. The Hall–Kier alpha value is -3.19. The lowest BCUT2D eigenvalue weighted by Crippen LogP contribution is -2.35. The van der Waals surface area contributed by atoms with E-state index in [1.54, 1.807) is 25.4 Å². The van der Waals surface area contributed by atoms with Gasteiger partial charge in [-0.05, 0) is 29.3 Å². The highest BCUT2D eigenvalue weighted by atomic mass is 16.5. The lowest BCUT2D eigenvalue weighted by Gasteiger charge is -2.16. The van der Waals surface area contributed by atoms with Crippen molar-refractivity contribution in [1.29, 1.82) is 0 Å². The van der Waals surface area contributed by atoms with Crippen LogP contribution in [0.25, 0.3) is 22.4 Å². The predicted molar refractivity (Wildman–Crippen MR) is 95.7 cm³/mol. The largest absolute Gasteiger partial charge is 0.384 e. The second-order valence-electron chi connectivity index (χ2n) is 6.46. The van der Waals surface area contributed by atoms with Crippen molar-refractivity contribution in [3.05, 3.63) is 54.4 Å². The second-order valence-corrected chi connectivity index (χ2v) is 6.46. The quantitative estimate of drug-likeness (QED) is 0.749. The molecule has 4 rings (SSSR count). The van der Waals surface area contributed by atoms with Crippen LogP contribution in [-0.2, 0) is 10.4 Å². The van der Waals surface area contributed by atoms with Crippen molar-refractivity contribution in [2.45, 2.75) is 12.0 Å². The molecule has 26 heavy (non-hydrogen) atoms. The normalized spacial score (nSPS) is 19.9. The predicted octanol–water partition coefficient (Wildman–Crippen LogP) is 2.04. The zero-order valence-corrected chi connectivity index (χ0v) is 14.2. The number of nitrogen functional groups attached to an aromatic ring is 1. The number of benzene rings is 1. The molecule has 1 atom stereocenters. The van der Waals surface area contributed by atoms with Crippen molar-refractivity contribution >= 4 is 11.7 Å². The molecule has 7 nitrogen and oxygen atoms in total. The van der Waals surface area contributed by atoms with Crippen LogP contribution in [0.2, 0.25) is 0 Å². The van der Waals surface area contributed by atoms with Crippen LogP contribution >= 0.6 is 0 Å². The van der Waals surface area contributed by atoms with Crippen LogP contribution in [0.1, 0.15) is 12.2 Å². The molecular weight excluding hydrogens is 332 g/mol. The number of nitrogens with two attached hydrogens (primary N) is 1. The first-order valence-corrected chi connectivity index (χ1v) is 8.25. The number of hydrogen-bond donors (Lipinski definition) is 2. The summed E-state index contributed by atoms with van der Waals surface area (Å²) < 4.78 is 5.31. The van der Waals surface area contributed by atoms with Gasteiger partial charge in [0.1, 0.15) is 11.5 Å². The molecule has 0 spiro atoms. The molecule has 1 aliphatic rings. The maximum Gasteiger partial charge on any atom is 0.262 e. The summed E-state index contributed by atoms with van der Waals surface area (Å²) in [5.74, 6) is 0.240. The highest BCUT2D eigenvalue weighted by Gasteiger charge is 2.48. The van der Waals surface area contributed by atoms with E-state index in [0.717, 1.165) is 16.7 Å². The average Bonchev–Trinajstić information content (AvgIpc) is 3.25. The maximum atomic E-state index is 12.2. The van der Waals surface area contributed by atoms with Crippen LogP contribution in [-0.4, -0.2) is 39.6 Å². The first-order chi connectivity index (χ1) is 12.5. The van der Waals surface area contributed by atoms with Gasteiger partial charge in [-0.2, -0.15) is 0 Å². The van der Waals surface area contributed by atoms with Crippen LogP contribution in [0, 0.1) is 0 Å². The summed E-state index contributed by atoms with van der Waals surface area (Å²) in [6.07, 6.45) is 1.94. The zero-order valence-electron chi connectivity index (χ0n) is 14.2. The molecule has 0 radical (unpaired) electrons. The van der Waals surface area contributed by atoms with Gasteiger partial charge >= 0.3 is 0 Å². The van der Waals surface area contributed by atoms with Crippen LogP contribution in [0.5, 0.6) is 0 Å². The minimum absolute atomic E-state index is 0.167. The van der Waals surface area contributed by atoms with Gasteiger partial charge in [0, 0.05) is 37.8 Å². The summed E-state index contributed by atoms with van der Waals surface area (Å²) >= 11 is 0. The Morgan fingerprint density at radius 2 is 1.96 bits per heavy atom. The van der Waals surface area contributed by atoms with Crippen molar-refractivity contribution in [2.75, 3.05) is 19.3 Å². The third-order valence-corrected chi connectivity index (χ3v) is 4.70. The fourth-order valence-electron chi connectivity index (χ4n) is 3.17. The van der Waals surface area contributed by atoms with Crippen molar-refractivity contribution in [3.8, 4) is 22.4 Å². The lowest BCUT2D eigenvalue weighted by atomic mass is 9.97. The summed E-state index contributed by atoms with van der Waals surface area (Å²) in [4.78, 5) is 17.7. The number of carbonyl (C=O) groups excluding carboxylic acids is 1. The Morgan fingerprint density at radius 1 is 1.19 bits per heavy atom. The van der Waals surface area contributed by atoms with E-state index < -0.39 is 5.60 Å². The summed E-state index contributed by atoms with van der Waals surface area (Å²) in [5.41, 5.74) is 7.38. The third-order valence-electron chi connectivity index (χ3n) is 4.70. The number of pyridine rings is 1. The van der Waals surface area contributed by atoms with Gasteiger partial charge in [-0.1, -0.05) is 23.4 Å². The number of amides is 1. The van der Waals surface area contributed by atoms with Crippen LogP contribution in [0.15, 0.2) is 53.2 Å². The summed E-state index contributed by atoms with van der Waals surface area (Å²) in [5, 5.41) is 14.7. The Balaban J connectivity index is 1.69. The maximum absolute atomic E-state index is 12.2. The number of likely N-dealkylation sites (tertiary alicyclic amines) is 1. The molecule has 0 aliphatic carbocycles. The number of aromatic nitrogens is 2. The zero-order chi connectivity index (χ0) is 18.3. The summed E-state index contributed by atoms with van der Waals surface area (Å²) in [6, 6.07) is 13.0. The fraction of sp³-hybridized carbons (Fsp3) is 0.211. The van der Waals surface area contributed by atoms with E-state index in [1.165, 1.54) is 4.90 Å². The first-order valence-electron chi connectivity index (χ1n) is 8.25. The molecule has 3 heterocycles. The minimum Gasteiger partial charge on any atom is -0.384 e. The molecule has 3 aromatic rings. The molecule has 0 unspecified atom stereocenters. The van der Waals surface area contributed by atoms with Crippen molar-refractivity contribution in [3.63, 3.8) is 0 Å². The van der Waals surface area contributed by atoms with Gasteiger partial charge in [0.2, 0.25) is 5.60 Å². The average molecular weight is 350 g/mol. The number of likely N-dealkylation sites (N-methyl/N-ethyl adjacent to an activating group) is 1. The summed E-state index contributed by atoms with van der Waals surface area (Å²) in [7, 11) is 1.65. The highest BCUT2D eigenvalue weighted by molar-refractivity contribution is 5.87. The van der Waals surface area contributed by atoms with Gasteiger partial charge in [-0.15, -0.1) is 0 Å². The monoisotopic (exact) mass is 350 g/mol. The van der Waals surface area contributed by atoms with Crippen molar-refractivity contribution < 1.29 is 14.4 Å². The Bertz CT molecular complexity index is 984. The molecular formula is C19H18N4O3. The highest BCUT2D eigenvalue weighted by Crippen LogP contribution is 2.35. The topological polar surface area (TPSA) is 105 Å². The molecule has 1 fully saturated rings. The molecule has 0 bridgehead atoms. The van der Waals surface area contributed by atoms with Gasteiger partial charge < -0.3 is 20.3 Å². The molecule has 3 N–H and O–H groups in total. The van der Waals surface area contributed by atoms with Gasteiger partial charge in [0.25, 0.3) is 5.91 Å². The smallest absolute Gasteiger partial charge is 0.262 e. The van der Waals surface area contributed by atoms with E-state index in [2.05, 4.69) is 10.1 Å². The van der Waals surface area contributed by atoms with Gasteiger partial charge in [-0.3, -0.25) is 4.79 Å². The van der Waals surface area contributed by atoms with Crippen LogP contribution < -0.4 is 5.73 Å². The van der Waals surface area contributed by atoms with E-state index in [1.807, 2.05) is 30.3 Å². The second kappa shape index (κ2) is 5.96. The van der Waals surface area contributed by atoms with Gasteiger partial charge in [-0.25, -0.2) is 4.98 Å². The number of carbonyl (C=O) groups is 1. The standard InChI is InChI=1S/C19H18N4O3/c1-23-8-6-19(25,18(23)24)16-11-15(22-26-16)14-4-2-3-12(9-14)13-5-7-21-17(20)10-13/h2-5,7,9-11,25H,6,8H2,1H3,(H2,20,21)/t19-/m1/s1. The number of anilines is 1. The molecule has 1 amide bonds. The Morgan fingerprint density at radius 3 is 2.69 bits per heavy atom. The van der Waals surface area contributed by atoms with E-state index in [4.69, 9.17) is 10.3 Å². The minimum atomic E-state index is -1.64. The fourth-order valence-corrected chi connectivity index (χ4v) is 3.17. The van der Waals surface area contributed by atoms with E-state index in [-0.39, 0.29) is 18.1 Å². The molecule has 1 saturated heterocycles. The SMILES string of the molecule is CN1CC[C@@](O)(c2cc(-c3cccc(-c4ccnc(N)c4)c3)no2)C1=O. The molecule has 132 valence electrons. The van der Waals surface area contributed by atoms with Crippen LogP contribution in [0.3, 0.4) is 0 Å². The molecule has 1 aliphatic heterocycles. The molecule has 0 saturated carbocycles. The molecule has 7 heteroatoms. The van der Waals surface area contributed by atoms with E-state index in [0.29, 0.717) is 18.1 Å². The first kappa shape index (κ1) is 16.3. The lowest BCUT2D eigenvalue weighted by molar-refractivity contribution is -0.144. The van der Waals surface area contributed by atoms with Gasteiger partial charge in [0.15, 0.2) is 5.76 Å². The van der Waals surface area contributed by atoms with Crippen molar-refractivity contribution in [2.24, 2.45) is 0 Å². The van der Waals surface area contributed by atoms with E-state index in [9.17, 15) is 9.90 Å². The number of rotatable bonds is 3. The van der Waals surface area contributed by atoms with Gasteiger partial charge in [0.05, 0.1) is 0 Å². The number of nitrogens with zero attached hydrogens (tertiary/aromatic N) is 3. The van der Waals surface area contributed by atoms with Crippen LogP contribution in [0.4, 0.5) is 5.82 Å². The Kier molecular flexibility index (Phi) is 3.73. The van der Waals surface area contributed by atoms with E-state index >= 15 is 0 Å². The summed E-state index contributed by atoms with van der Waals surface area (Å²) in [6.45, 7) is 0.477.